The predicted octanol–water partition coefficient (Wildman–Crippen LogP) is 2.02. The summed E-state index contributed by atoms with van der Waals surface area (Å²) in [4.78, 5) is 14.6. The minimum Gasteiger partial charge on any atom is -0.497 e. The van der Waals surface area contributed by atoms with Crippen molar-refractivity contribution in [2.75, 3.05) is 38.2 Å². The Morgan fingerprint density at radius 3 is 2.65 bits per heavy atom. The van der Waals surface area contributed by atoms with Gasteiger partial charge in [-0.1, -0.05) is 26.0 Å². The molecule has 1 fully saturated rings. The third-order valence-corrected chi connectivity index (χ3v) is 6.86. The van der Waals surface area contributed by atoms with Crippen LogP contribution in [0.1, 0.15) is 38.3 Å². The first-order valence-corrected chi connectivity index (χ1v) is 11.1. The highest BCUT2D eigenvalue weighted by Gasteiger charge is 2.29. The second-order valence-corrected chi connectivity index (χ2v) is 9.02. The number of rotatable bonds is 9. The molecule has 2 unspecified atom stereocenters. The van der Waals surface area contributed by atoms with Gasteiger partial charge in [0, 0.05) is 13.0 Å². The topological polar surface area (TPSA) is 75.7 Å². The highest BCUT2D eigenvalue weighted by atomic mass is 32.2. The molecule has 6 nitrogen and oxygen atoms in total. The molecular weight excluding hydrogens is 352 g/mol. The van der Waals surface area contributed by atoms with Crippen molar-refractivity contribution in [1.82, 2.24) is 10.2 Å². The molecule has 2 atom stereocenters. The van der Waals surface area contributed by atoms with Crippen molar-refractivity contribution in [1.29, 1.82) is 0 Å². The Morgan fingerprint density at radius 1 is 1.35 bits per heavy atom. The number of methoxy groups -OCH3 is 1. The smallest absolute Gasteiger partial charge is 0.220 e. The lowest BCUT2D eigenvalue weighted by Gasteiger charge is -2.30. The third kappa shape index (κ3) is 5.71. The molecule has 1 aromatic rings. The van der Waals surface area contributed by atoms with Gasteiger partial charge >= 0.3 is 0 Å². The molecule has 146 valence electrons. The molecule has 0 spiro atoms. The molecule has 0 aromatic heterocycles. The highest BCUT2D eigenvalue weighted by Crippen LogP contribution is 2.25. The number of hydrogen-bond donors (Lipinski definition) is 1. The molecule has 0 saturated carbocycles. The first-order chi connectivity index (χ1) is 12.4. The van der Waals surface area contributed by atoms with Crippen LogP contribution in [0.2, 0.25) is 0 Å². The summed E-state index contributed by atoms with van der Waals surface area (Å²) >= 11 is 0. The maximum absolute atomic E-state index is 12.3. The van der Waals surface area contributed by atoms with Gasteiger partial charge in [-0.05, 0) is 43.1 Å². The lowest BCUT2D eigenvalue weighted by atomic mass is 10.0. The molecule has 2 rings (SSSR count). The second-order valence-electron chi connectivity index (χ2n) is 6.79. The molecule has 0 aliphatic carbocycles. The van der Waals surface area contributed by atoms with Gasteiger partial charge in [-0.3, -0.25) is 9.69 Å². The second kappa shape index (κ2) is 9.37. The molecule has 1 amide bonds. The van der Waals surface area contributed by atoms with Gasteiger partial charge in [-0.2, -0.15) is 0 Å². The van der Waals surface area contributed by atoms with E-state index in [-0.39, 0.29) is 35.8 Å². The molecule has 7 heteroatoms. The standard InChI is InChI=1S/C19H30N2O4S/c1-4-21(5-2)18(16-7-6-8-17(12-16)25-3)13-20-19(22)11-15-9-10-26(23,24)14-15/h6-8,12,15,18H,4-5,9-11,13-14H2,1-3H3,(H,20,22). The molecule has 1 saturated heterocycles. The Kier molecular flexibility index (Phi) is 7.46. The van der Waals surface area contributed by atoms with Crippen LogP contribution in [-0.2, 0) is 14.6 Å². The van der Waals surface area contributed by atoms with Crippen LogP contribution in [0.25, 0.3) is 0 Å². The normalized spacial score (nSPS) is 20.1. The summed E-state index contributed by atoms with van der Waals surface area (Å²) in [7, 11) is -1.30. The quantitative estimate of drug-likeness (QED) is 0.707. The maximum atomic E-state index is 12.3. The zero-order valence-electron chi connectivity index (χ0n) is 15.9. The Balaban J connectivity index is 2.01. The average Bonchev–Trinajstić information content (AvgIpc) is 2.97. The van der Waals surface area contributed by atoms with Crippen LogP contribution < -0.4 is 10.1 Å². The molecule has 1 N–H and O–H groups in total. The number of benzene rings is 1. The van der Waals surface area contributed by atoms with Gasteiger partial charge in [0.25, 0.3) is 0 Å². The lowest BCUT2D eigenvalue weighted by molar-refractivity contribution is -0.122. The SMILES string of the molecule is CCN(CC)C(CNC(=O)CC1CCS(=O)(=O)C1)c1cccc(OC)c1. The minimum absolute atomic E-state index is 0.0521. The van der Waals surface area contributed by atoms with Gasteiger partial charge in [0.1, 0.15) is 5.75 Å². The average molecular weight is 383 g/mol. The van der Waals surface area contributed by atoms with Crippen molar-refractivity contribution in [3.8, 4) is 5.75 Å². The van der Waals surface area contributed by atoms with Gasteiger partial charge in [-0.15, -0.1) is 0 Å². The number of carbonyl (C=O) groups excluding carboxylic acids is 1. The van der Waals surface area contributed by atoms with Crippen molar-refractivity contribution < 1.29 is 17.9 Å². The van der Waals surface area contributed by atoms with Crippen molar-refractivity contribution in [3.63, 3.8) is 0 Å². The summed E-state index contributed by atoms with van der Waals surface area (Å²) in [6, 6.07) is 7.95. The van der Waals surface area contributed by atoms with E-state index < -0.39 is 9.84 Å². The molecule has 0 radical (unpaired) electrons. The molecule has 1 aliphatic rings. The Hall–Kier alpha value is -1.60. The molecule has 26 heavy (non-hydrogen) atoms. The zero-order valence-corrected chi connectivity index (χ0v) is 16.7. The van der Waals surface area contributed by atoms with Crippen molar-refractivity contribution >= 4 is 15.7 Å². The van der Waals surface area contributed by atoms with E-state index in [1.165, 1.54) is 0 Å². The highest BCUT2D eigenvalue weighted by molar-refractivity contribution is 7.91. The van der Waals surface area contributed by atoms with Crippen LogP contribution in [-0.4, -0.2) is 57.5 Å². The summed E-state index contributed by atoms with van der Waals surface area (Å²) in [5.41, 5.74) is 1.09. The van der Waals surface area contributed by atoms with Crippen LogP contribution in [0.3, 0.4) is 0 Å². The molecule has 0 bridgehead atoms. The number of nitrogens with zero attached hydrogens (tertiary/aromatic N) is 1. The van der Waals surface area contributed by atoms with Gasteiger partial charge < -0.3 is 10.1 Å². The van der Waals surface area contributed by atoms with Crippen LogP contribution >= 0.6 is 0 Å². The van der Waals surface area contributed by atoms with E-state index in [2.05, 4.69) is 24.1 Å². The molecule has 1 aromatic carbocycles. The predicted molar refractivity (Wildman–Crippen MR) is 103 cm³/mol. The van der Waals surface area contributed by atoms with Crippen molar-refractivity contribution in [2.45, 2.75) is 32.7 Å². The third-order valence-electron chi connectivity index (χ3n) is 5.03. The largest absolute Gasteiger partial charge is 0.497 e. The Bertz CT molecular complexity index is 701. The number of carbonyl (C=O) groups is 1. The number of amides is 1. The van der Waals surface area contributed by atoms with Gasteiger partial charge in [0.05, 0.1) is 24.7 Å². The Labute approximate surface area is 156 Å². The monoisotopic (exact) mass is 382 g/mol. The number of hydrogen-bond acceptors (Lipinski definition) is 5. The van der Waals surface area contributed by atoms with E-state index >= 15 is 0 Å². The van der Waals surface area contributed by atoms with Crippen LogP contribution in [0, 0.1) is 5.92 Å². The van der Waals surface area contributed by atoms with E-state index in [4.69, 9.17) is 4.74 Å². The number of ether oxygens (including phenoxy) is 1. The number of likely N-dealkylation sites (N-methyl/N-ethyl adjacent to an activating group) is 1. The van der Waals surface area contributed by atoms with Crippen LogP contribution in [0.15, 0.2) is 24.3 Å². The minimum atomic E-state index is -2.95. The lowest BCUT2D eigenvalue weighted by Crippen LogP contribution is -2.38. The first kappa shape index (κ1) is 20.7. The first-order valence-electron chi connectivity index (χ1n) is 9.23. The number of sulfone groups is 1. The molecule has 1 heterocycles. The van der Waals surface area contributed by atoms with Crippen molar-refractivity contribution in [2.24, 2.45) is 5.92 Å². The molecule has 1 aliphatic heterocycles. The summed E-state index contributed by atoms with van der Waals surface area (Å²) in [5.74, 6) is 1.00. The fourth-order valence-corrected chi connectivity index (χ4v) is 5.41. The van der Waals surface area contributed by atoms with Gasteiger partial charge in [0.2, 0.25) is 5.91 Å². The van der Waals surface area contributed by atoms with Crippen LogP contribution in [0.4, 0.5) is 0 Å². The zero-order chi connectivity index (χ0) is 19.2. The maximum Gasteiger partial charge on any atom is 0.220 e. The Morgan fingerprint density at radius 2 is 2.08 bits per heavy atom. The van der Waals surface area contributed by atoms with Gasteiger partial charge in [0.15, 0.2) is 9.84 Å². The summed E-state index contributed by atoms with van der Waals surface area (Å²) in [6.45, 7) is 6.43. The molecular formula is C19H30N2O4S. The van der Waals surface area contributed by atoms with E-state index in [1.807, 2.05) is 24.3 Å². The fraction of sp³-hybridized carbons (Fsp3) is 0.632. The van der Waals surface area contributed by atoms with E-state index in [9.17, 15) is 13.2 Å². The van der Waals surface area contributed by atoms with E-state index in [0.29, 0.717) is 13.0 Å². The summed E-state index contributed by atoms with van der Waals surface area (Å²) < 4.78 is 28.4. The van der Waals surface area contributed by atoms with E-state index in [1.54, 1.807) is 7.11 Å². The number of nitrogens with one attached hydrogen (secondary N) is 1. The summed E-state index contributed by atoms with van der Waals surface area (Å²) in [5, 5.41) is 3.01. The van der Waals surface area contributed by atoms with E-state index in [0.717, 1.165) is 24.4 Å². The fourth-order valence-electron chi connectivity index (χ4n) is 3.55. The van der Waals surface area contributed by atoms with Crippen LogP contribution in [0.5, 0.6) is 5.75 Å². The van der Waals surface area contributed by atoms with Gasteiger partial charge in [-0.25, -0.2) is 8.42 Å². The summed E-state index contributed by atoms with van der Waals surface area (Å²) in [6.07, 6.45) is 0.868. The van der Waals surface area contributed by atoms with Crippen molar-refractivity contribution in [3.05, 3.63) is 29.8 Å².